The van der Waals surface area contributed by atoms with Crippen molar-refractivity contribution in [3.05, 3.63) is 12.2 Å². The van der Waals surface area contributed by atoms with Gasteiger partial charge in [0.25, 0.3) is 0 Å². The summed E-state index contributed by atoms with van der Waals surface area (Å²) in [5.41, 5.74) is 0. The molecule has 0 saturated heterocycles. The smallest absolute Gasteiger partial charge is 0.305 e. The second kappa shape index (κ2) is 67.1. The van der Waals surface area contributed by atoms with E-state index in [1.54, 1.807) is 0 Å². The van der Waals surface area contributed by atoms with E-state index in [1.165, 1.54) is 327 Å². The highest BCUT2D eigenvalue weighted by Gasteiger charge is 2.20. The lowest BCUT2D eigenvalue weighted by Crippen LogP contribution is -2.45. The summed E-state index contributed by atoms with van der Waals surface area (Å²) in [5.74, 6) is -0.0146. The standard InChI is InChI=1S/C71H139NO5/c1-3-5-7-9-11-13-15-16-40-44-47-51-55-59-63-69(74)68(67-73)72-70(75)64-60-56-52-48-45-41-38-36-34-32-30-28-26-24-22-20-18-17-19-21-23-25-27-29-31-33-35-37-39-42-46-50-54-58-62-66-77-71(76)65-61-57-53-49-43-14-12-10-8-6-4-2/h10,12,68-69,73-74H,3-9,11,13-67H2,1-2H3,(H,72,75)/b12-10-. The number of unbranched alkanes of at least 4 members (excludes halogenated alkanes) is 54. The summed E-state index contributed by atoms with van der Waals surface area (Å²) in [4.78, 5) is 24.5. The lowest BCUT2D eigenvalue weighted by atomic mass is 10.0. The van der Waals surface area contributed by atoms with Crippen molar-refractivity contribution in [1.82, 2.24) is 5.32 Å². The molecule has 1 amide bonds. The second-order valence-electron chi connectivity index (χ2n) is 24.6. The van der Waals surface area contributed by atoms with Gasteiger partial charge in [0, 0.05) is 12.8 Å². The van der Waals surface area contributed by atoms with Crippen LogP contribution in [0.3, 0.4) is 0 Å². The van der Waals surface area contributed by atoms with Crippen molar-refractivity contribution in [2.45, 2.75) is 418 Å². The van der Waals surface area contributed by atoms with Crippen LogP contribution in [0.4, 0.5) is 0 Å². The number of esters is 1. The number of aliphatic hydroxyl groups is 2. The Morgan fingerprint density at radius 3 is 0.961 bits per heavy atom. The van der Waals surface area contributed by atoms with E-state index in [9.17, 15) is 19.8 Å². The molecule has 458 valence electrons. The van der Waals surface area contributed by atoms with Gasteiger partial charge in [-0.2, -0.15) is 0 Å². The van der Waals surface area contributed by atoms with Crippen LogP contribution in [0, 0.1) is 0 Å². The highest BCUT2D eigenvalue weighted by Crippen LogP contribution is 2.19. The van der Waals surface area contributed by atoms with Gasteiger partial charge in [0.2, 0.25) is 5.91 Å². The molecule has 3 N–H and O–H groups in total. The van der Waals surface area contributed by atoms with Crippen molar-refractivity contribution < 1.29 is 24.5 Å². The van der Waals surface area contributed by atoms with Crippen molar-refractivity contribution in [3.63, 3.8) is 0 Å². The predicted molar refractivity (Wildman–Crippen MR) is 338 cm³/mol. The van der Waals surface area contributed by atoms with Crippen LogP contribution in [0.2, 0.25) is 0 Å². The Labute approximate surface area is 482 Å². The van der Waals surface area contributed by atoms with Crippen molar-refractivity contribution in [3.8, 4) is 0 Å². The van der Waals surface area contributed by atoms with E-state index in [0.717, 1.165) is 44.9 Å². The molecule has 0 aromatic carbocycles. The van der Waals surface area contributed by atoms with Gasteiger partial charge in [-0.05, 0) is 44.9 Å². The average Bonchev–Trinajstić information content (AvgIpc) is 3.43. The SMILES string of the molecule is CCCC/C=C\CCCCCCCC(=O)OCCCCCCCCCCCCCCCCCCCCCCCCCCCCCCCCCCCCCC(=O)NC(CO)C(O)CCCCCCCCCCCCCCCC. The maximum absolute atomic E-state index is 12.5. The van der Waals surface area contributed by atoms with Gasteiger partial charge >= 0.3 is 5.97 Å². The summed E-state index contributed by atoms with van der Waals surface area (Å²) in [5, 5.41) is 23.3. The minimum absolute atomic E-state index is 0.0121. The second-order valence-corrected chi connectivity index (χ2v) is 24.6. The first kappa shape index (κ1) is 75.6. The Balaban J connectivity index is 3.29. The zero-order chi connectivity index (χ0) is 55.7. The molecule has 0 spiro atoms. The fourth-order valence-electron chi connectivity index (χ4n) is 11.4. The van der Waals surface area contributed by atoms with Crippen molar-refractivity contribution >= 4 is 11.9 Å². The largest absolute Gasteiger partial charge is 0.466 e. The molecule has 2 unspecified atom stereocenters. The van der Waals surface area contributed by atoms with Crippen molar-refractivity contribution in [2.75, 3.05) is 13.2 Å². The number of rotatable bonds is 67. The molecule has 0 aromatic rings. The van der Waals surface area contributed by atoms with Crippen molar-refractivity contribution in [1.29, 1.82) is 0 Å². The van der Waals surface area contributed by atoms with E-state index in [2.05, 4.69) is 31.3 Å². The van der Waals surface area contributed by atoms with Crippen LogP contribution in [-0.2, 0) is 14.3 Å². The first-order valence-electron chi connectivity index (χ1n) is 35.4. The van der Waals surface area contributed by atoms with Crippen LogP contribution in [0.15, 0.2) is 12.2 Å². The van der Waals surface area contributed by atoms with E-state index < -0.39 is 12.1 Å². The van der Waals surface area contributed by atoms with Gasteiger partial charge < -0.3 is 20.3 Å². The zero-order valence-corrected chi connectivity index (χ0v) is 52.5. The number of hydrogen-bond acceptors (Lipinski definition) is 5. The highest BCUT2D eigenvalue weighted by atomic mass is 16.5. The number of hydrogen-bond donors (Lipinski definition) is 3. The maximum atomic E-state index is 12.5. The van der Waals surface area contributed by atoms with E-state index in [1.807, 2.05) is 0 Å². The zero-order valence-electron chi connectivity index (χ0n) is 52.5. The van der Waals surface area contributed by atoms with Crippen molar-refractivity contribution in [2.24, 2.45) is 0 Å². The van der Waals surface area contributed by atoms with E-state index in [4.69, 9.17) is 4.74 Å². The summed E-state index contributed by atoms with van der Waals surface area (Å²) < 4.78 is 5.47. The van der Waals surface area contributed by atoms with Gasteiger partial charge in [-0.15, -0.1) is 0 Å². The van der Waals surface area contributed by atoms with Crippen LogP contribution >= 0.6 is 0 Å². The first-order valence-corrected chi connectivity index (χ1v) is 35.4. The third-order valence-electron chi connectivity index (χ3n) is 16.8. The molecule has 6 heteroatoms. The molecule has 0 radical (unpaired) electrons. The molecule has 0 heterocycles. The molecule has 0 bridgehead atoms. The lowest BCUT2D eigenvalue weighted by molar-refractivity contribution is -0.143. The minimum atomic E-state index is -0.659. The van der Waals surface area contributed by atoms with E-state index in [-0.39, 0.29) is 18.5 Å². The van der Waals surface area contributed by atoms with Crippen LogP contribution in [0.5, 0.6) is 0 Å². The summed E-state index contributed by atoms with van der Waals surface area (Å²) in [6.45, 7) is 4.95. The van der Waals surface area contributed by atoms with Crippen LogP contribution in [-0.4, -0.2) is 47.4 Å². The number of aliphatic hydroxyl groups excluding tert-OH is 2. The van der Waals surface area contributed by atoms with E-state index in [0.29, 0.717) is 25.9 Å². The molecular formula is C71H139NO5. The summed E-state index contributed by atoms with van der Waals surface area (Å²) in [6, 6.07) is -0.536. The quantitative estimate of drug-likeness (QED) is 0.0320. The lowest BCUT2D eigenvalue weighted by Gasteiger charge is -2.22. The summed E-state index contributed by atoms with van der Waals surface area (Å²) in [6.07, 6.45) is 82.8. The monoisotopic (exact) mass is 1090 g/mol. The average molecular weight is 1090 g/mol. The third kappa shape index (κ3) is 63.6. The molecule has 0 aromatic heterocycles. The molecule has 0 aliphatic carbocycles. The molecular weight excluding hydrogens is 947 g/mol. The van der Waals surface area contributed by atoms with Gasteiger partial charge in [-0.25, -0.2) is 0 Å². The van der Waals surface area contributed by atoms with Gasteiger partial charge in [0.15, 0.2) is 0 Å². The third-order valence-corrected chi connectivity index (χ3v) is 16.8. The molecule has 0 rings (SSSR count). The maximum Gasteiger partial charge on any atom is 0.305 e. The number of carbonyl (C=O) groups is 2. The predicted octanol–water partition coefficient (Wildman–Crippen LogP) is 22.8. The minimum Gasteiger partial charge on any atom is -0.466 e. The van der Waals surface area contributed by atoms with Crippen LogP contribution in [0.1, 0.15) is 406 Å². The number of ether oxygens (including phenoxy) is 1. The molecule has 0 saturated carbocycles. The Morgan fingerprint density at radius 2 is 0.623 bits per heavy atom. The Morgan fingerprint density at radius 1 is 0.351 bits per heavy atom. The number of amides is 1. The number of carbonyl (C=O) groups excluding carboxylic acids is 2. The summed E-state index contributed by atoms with van der Waals surface area (Å²) in [7, 11) is 0. The Hall–Kier alpha value is -1.40. The number of nitrogens with one attached hydrogen (secondary N) is 1. The van der Waals surface area contributed by atoms with Gasteiger partial charge in [0.05, 0.1) is 25.4 Å². The normalized spacial score (nSPS) is 12.5. The number of allylic oxidation sites excluding steroid dienone is 2. The van der Waals surface area contributed by atoms with Gasteiger partial charge in [-0.1, -0.05) is 360 Å². The first-order chi connectivity index (χ1) is 38.0. The molecule has 0 aliphatic heterocycles. The fraction of sp³-hybridized carbons (Fsp3) is 0.944. The van der Waals surface area contributed by atoms with Gasteiger partial charge in [0.1, 0.15) is 0 Å². The van der Waals surface area contributed by atoms with Crippen LogP contribution in [0.25, 0.3) is 0 Å². The Kier molecular flexibility index (Phi) is 65.9. The van der Waals surface area contributed by atoms with E-state index >= 15 is 0 Å². The topological polar surface area (TPSA) is 95.9 Å². The molecule has 2 atom stereocenters. The molecule has 77 heavy (non-hydrogen) atoms. The highest BCUT2D eigenvalue weighted by molar-refractivity contribution is 5.76. The van der Waals surface area contributed by atoms with Gasteiger partial charge in [-0.3, -0.25) is 9.59 Å². The molecule has 6 nitrogen and oxygen atoms in total. The summed E-state index contributed by atoms with van der Waals surface area (Å²) >= 11 is 0. The fourth-order valence-corrected chi connectivity index (χ4v) is 11.4. The molecule has 0 aliphatic rings. The van der Waals surface area contributed by atoms with Crippen LogP contribution < -0.4 is 5.32 Å². The molecule has 0 fully saturated rings. The Bertz CT molecular complexity index is 1160.